The molecule has 2 nitrogen and oxygen atoms in total. The Morgan fingerprint density at radius 2 is 2.21 bits per heavy atom. The van der Waals surface area contributed by atoms with Crippen LogP contribution in [0.4, 0.5) is 4.39 Å². The van der Waals surface area contributed by atoms with E-state index in [0.717, 1.165) is 3.57 Å². The molecule has 0 unspecified atom stereocenters. The molecule has 14 heavy (non-hydrogen) atoms. The number of halogens is 2. The molecule has 0 spiro atoms. The van der Waals surface area contributed by atoms with Crippen molar-refractivity contribution < 1.29 is 9.50 Å². The predicted octanol–water partition coefficient (Wildman–Crippen LogP) is 2.20. The molecule has 0 aliphatic carbocycles. The highest BCUT2D eigenvalue weighted by Gasteiger charge is 2.18. The van der Waals surface area contributed by atoms with Crippen LogP contribution < -0.4 is 5.73 Å². The number of aliphatic hydroxyl groups excluding tert-OH is 1. The number of nitrogens with two attached hydrogens (primary N) is 1. The van der Waals surface area contributed by atoms with Gasteiger partial charge < -0.3 is 10.8 Å². The average Bonchev–Trinajstić information content (AvgIpc) is 2.19. The fourth-order valence-electron chi connectivity index (χ4n) is 1.23. The van der Waals surface area contributed by atoms with Crippen LogP contribution in [-0.2, 0) is 0 Å². The van der Waals surface area contributed by atoms with Gasteiger partial charge in [0, 0.05) is 9.13 Å². The standard InChI is InChI=1S/C10H13FINO/c1-2-9(14)10(13)7-5-6(12)3-4-8(7)11/h3-5,9-10,14H,2,13H2,1H3/t9-,10+/m1/s1. The molecule has 2 atom stereocenters. The Kier molecular flexibility index (Phi) is 4.28. The van der Waals surface area contributed by atoms with Gasteiger partial charge in [-0.2, -0.15) is 0 Å². The minimum absolute atomic E-state index is 0.356. The van der Waals surface area contributed by atoms with Gasteiger partial charge in [0.1, 0.15) is 5.82 Å². The van der Waals surface area contributed by atoms with Crippen LogP contribution in [0.5, 0.6) is 0 Å². The van der Waals surface area contributed by atoms with Crippen molar-refractivity contribution in [1.82, 2.24) is 0 Å². The number of hydrogen-bond acceptors (Lipinski definition) is 2. The molecular weight excluding hydrogens is 296 g/mol. The first-order valence-corrected chi connectivity index (χ1v) is 5.52. The van der Waals surface area contributed by atoms with E-state index in [1.54, 1.807) is 12.1 Å². The van der Waals surface area contributed by atoms with Crippen molar-refractivity contribution in [1.29, 1.82) is 0 Å². The molecule has 1 aromatic carbocycles. The lowest BCUT2D eigenvalue weighted by atomic mass is 10.0. The van der Waals surface area contributed by atoms with Crippen molar-refractivity contribution in [2.24, 2.45) is 5.73 Å². The Bertz CT molecular complexity index is 319. The number of rotatable bonds is 3. The molecule has 1 rings (SSSR count). The summed E-state index contributed by atoms with van der Waals surface area (Å²) in [6, 6.07) is 4.07. The fourth-order valence-corrected chi connectivity index (χ4v) is 1.75. The number of aliphatic hydroxyl groups is 1. The second-order valence-electron chi connectivity index (χ2n) is 3.17. The SMILES string of the molecule is CC[C@@H](O)[C@@H](N)c1cc(I)ccc1F. The molecule has 0 saturated heterocycles. The molecule has 78 valence electrons. The molecule has 0 aliphatic heterocycles. The Morgan fingerprint density at radius 3 is 2.79 bits per heavy atom. The molecule has 0 aliphatic rings. The maximum Gasteiger partial charge on any atom is 0.128 e. The van der Waals surface area contributed by atoms with Crippen molar-refractivity contribution in [3.8, 4) is 0 Å². The first-order valence-electron chi connectivity index (χ1n) is 4.44. The lowest BCUT2D eigenvalue weighted by Gasteiger charge is -2.18. The summed E-state index contributed by atoms with van der Waals surface area (Å²) in [5, 5.41) is 9.50. The summed E-state index contributed by atoms with van der Waals surface area (Å²) in [5.41, 5.74) is 6.11. The summed E-state index contributed by atoms with van der Waals surface area (Å²) in [4.78, 5) is 0. The monoisotopic (exact) mass is 309 g/mol. The van der Waals surface area contributed by atoms with Crippen LogP contribution in [0.25, 0.3) is 0 Å². The molecule has 0 amide bonds. The molecule has 3 N–H and O–H groups in total. The molecule has 0 bridgehead atoms. The minimum atomic E-state index is -0.692. The maximum absolute atomic E-state index is 13.3. The molecule has 1 aromatic rings. The first-order chi connectivity index (χ1) is 6.56. The van der Waals surface area contributed by atoms with E-state index in [4.69, 9.17) is 5.73 Å². The molecule has 0 saturated carbocycles. The van der Waals surface area contributed by atoms with Gasteiger partial charge in [-0.05, 0) is 47.2 Å². The quantitative estimate of drug-likeness (QED) is 0.841. The summed E-state index contributed by atoms with van der Waals surface area (Å²) < 4.78 is 14.2. The van der Waals surface area contributed by atoms with Crippen molar-refractivity contribution in [3.05, 3.63) is 33.1 Å². The number of hydrogen-bond donors (Lipinski definition) is 2. The molecule has 4 heteroatoms. The van der Waals surface area contributed by atoms with E-state index in [2.05, 4.69) is 22.6 Å². The lowest BCUT2D eigenvalue weighted by Crippen LogP contribution is -2.26. The first kappa shape index (κ1) is 11.9. The molecule has 0 fully saturated rings. The molecule has 0 heterocycles. The highest BCUT2D eigenvalue weighted by Crippen LogP contribution is 2.21. The van der Waals surface area contributed by atoms with Gasteiger partial charge in [-0.3, -0.25) is 0 Å². The maximum atomic E-state index is 13.3. The van der Waals surface area contributed by atoms with E-state index in [1.165, 1.54) is 6.07 Å². The summed E-state index contributed by atoms with van der Waals surface area (Å²) >= 11 is 2.09. The van der Waals surface area contributed by atoms with E-state index < -0.39 is 12.1 Å². The van der Waals surface area contributed by atoms with Crippen LogP contribution in [0, 0.1) is 9.39 Å². The topological polar surface area (TPSA) is 46.2 Å². The van der Waals surface area contributed by atoms with Gasteiger partial charge in [-0.25, -0.2) is 4.39 Å². The van der Waals surface area contributed by atoms with Crippen LogP contribution in [-0.4, -0.2) is 11.2 Å². The number of benzene rings is 1. The van der Waals surface area contributed by atoms with E-state index in [-0.39, 0.29) is 5.82 Å². The normalized spacial score (nSPS) is 15.2. The van der Waals surface area contributed by atoms with Gasteiger partial charge in [0.15, 0.2) is 0 Å². The van der Waals surface area contributed by atoms with E-state index in [9.17, 15) is 9.50 Å². The average molecular weight is 309 g/mol. The predicted molar refractivity (Wildman–Crippen MR) is 62.3 cm³/mol. The smallest absolute Gasteiger partial charge is 0.128 e. The zero-order chi connectivity index (χ0) is 10.7. The Balaban J connectivity index is 2.99. The van der Waals surface area contributed by atoms with E-state index >= 15 is 0 Å². The minimum Gasteiger partial charge on any atom is -0.391 e. The summed E-state index contributed by atoms with van der Waals surface area (Å²) in [7, 11) is 0. The summed E-state index contributed by atoms with van der Waals surface area (Å²) in [5.74, 6) is -0.356. The summed E-state index contributed by atoms with van der Waals surface area (Å²) in [6.07, 6.45) is -0.172. The van der Waals surface area contributed by atoms with Crippen molar-refractivity contribution >= 4 is 22.6 Å². The van der Waals surface area contributed by atoms with Crippen molar-refractivity contribution in [3.63, 3.8) is 0 Å². The van der Waals surface area contributed by atoms with Gasteiger partial charge in [-0.1, -0.05) is 6.92 Å². The van der Waals surface area contributed by atoms with E-state index in [0.29, 0.717) is 12.0 Å². The van der Waals surface area contributed by atoms with Crippen LogP contribution in [0.2, 0.25) is 0 Å². The lowest BCUT2D eigenvalue weighted by molar-refractivity contribution is 0.139. The largest absolute Gasteiger partial charge is 0.391 e. The fraction of sp³-hybridized carbons (Fsp3) is 0.400. The van der Waals surface area contributed by atoms with Crippen LogP contribution in [0.15, 0.2) is 18.2 Å². The van der Waals surface area contributed by atoms with Crippen molar-refractivity contribution in [2.75, 3.05) is 0 Å². The zero-order valence-corrected chi connectivity index (χ0v) is 10.0. The second kappa shape index (κ2) is 5.04. The van der Waals surface area contributed by atoms with Gasteiger partial charge in [0.25, 0.3) is 0 Å². The van der Waals surface area contributed by atoms with Gasteiger partial charge in [0.2, 0.25) is 0 Å². The third-order valence-electron chi connectivity index (χ3n) is 2.15. The van der Waals surface area contributed by atoms with E-state index in [1.807, 2.05) is 6.92 Å². The van der Waals surface area contributed by atoms with Crippen molar-refractivity contribution in [2.45, 2.75) is 25.5 Å². The second-order valence-corrected chi connectivity index (χ2v) is 4.41. The molecule has 0 radical (unpaired) electrons. The molecular formula is C10H13FINO. The third-order valence-corrected chi connectivity index (χ3v) is 2.82. The third kappa shape index (κ3) is 2.65. The summed E-state index contributed by atoms with van der Waals surface area (Å²) in [6.45, 7) is 1.82. The van der Waals surface area contributed by atoms with Crippen LogP contribution >= 0.6 is 22.6 Å². The molecule has 0 aromatic heterocycles. The van der Waals surface area contributed by atoms with Gasteiger partial charge in [-0.15, -0.1) is 0 Å². The van der Waals surface area contributed by atoms with Gasteiger partial charge >= 0.3 is 0 Å². The Hall–Kier alpha value is -0.200. The highest BCUT2D eigenvalue weighted by molar-refractivity contribution is 14.1. The zero-order valence-electron chi connectivity index (χ0n) is 7.87. The Morgan fingerprint density at radius 1 is 1.57 bits per heavy atom. The van der Waals surface area contributed by atoms with Gasteiger partial charge in [0.05, 0.1) is 12.1 Å². The van der Waals surface area contributed by atoms with Crippen LogP contribution in [0.3, 0.4) is 0 Å². The Labute approximate surface area is 96.5 Å². The highest BCUT2D eigenvalue weighted by atomic mass is 127. The van der Waals surface area contributed by atoms with Crippen LogP contribution in [0.1, 0.15) is 24.9 Å².